The third kappa shape index (κ3) is 4.12. The lowest BCUT2D eigenvalue weighted by Crippen LogP contribution is -2.37. The standard InChI is InChI=1S/C18H26N4O2/c1-18(2,3)16-4-5-17(23)22(19-16)12-14-6-9-21(10-7-14)13-15-8-11-24-20-15/h4-5,8,11,14H,6-7,9-10,12-13H2,1-3H3. The van der Waals surface area contributed by atoms with Crippen molar-refractivity contribution in [3.63, 3.8) is 0 Å². The molecular formula is C18H26N4O2. The van der Waals surface area contributed by atoms with Gasteiger partial charge in [-0.15, -0.1) is 0 Å². The van der Waals surface area contributed by atoms with E-state index in [-0.39, 0.29) is 11.0 Å². The number of nitrogens with zero attached hydrogens (tertiary/aromatic N) is 4. The Morgan fingerprint density at radius 1 is 1.21 bits per heavy atom. The van der Waals surface area contributed by atoms with E-state index in [1.807, 2.05) is 12.1 Å². The van der Waals surface area contributed by atoms with Gasteiger partial charge >= 0.3 is 0 Å². The van der Waals surface area contributed by atoms with Crippen molar-refractivity contribution in [2.45, 2.75) is 52.1 Å². The Bertz CT molecular complexity index is 707. The minimum absolute atomic E-state index is 0.00646. The van der Waals surface area contributed by atoms with E-state index in [9.17, 15) is 4.79 Å². The van der Waals surface area contributed by atoms with Gasteiger partial charge in [-0.3, -0.25) is 9.69 Å². The number of hydrogen-bond acceptors (Lipinski definition) is 5. The summed E-state index contributed by atoms with van der Waals surface area (Å²) in [5.74, 6) is 0.499. The molecule has 130 valence electrons. The molecule has 1 fully saturated rings. The van der Waals surface area contributed by atoms with E-state index < -0.39 is 0 Å². The summed E-state index contributed by atoms with van der Waals surface area (Å²) in [6, 6.07) is 5.40. The highest BCUT2D eigenvalue weighted by Crippen LogP contribution is 2.21. The van der Waals surface area contributed by atoms with Crippen molar-refractivity contribution in [1.82, 2.24) is 19.8 Å². The summed E-state index contributed by atoms with van der Waals surface area (Å²) in [5, 5.41) is 8.55. The Kier molecular flexibility index (Phi) is 4.85. The van der Waals surface area contributed by atoms with Crippen LogP contribution in [0.3, 0.4) is 0 Å². The number of piperidine rings is 1. The molecule has 0 saturated carbocycles. The molecule has 0 N–H and O–H groups in total. The average Bonchev–Trinajstić information content (AvgIpc) is 3.03. The van der Waals surface area contributed by atoms with E-state index in [2.05, 4.69) is 35.9 Å². The van der Waals surface area contributed by atoms with Gasteiger partial charge in [0.25, 0.3) is 5.56 Å². The SMILES string of the molecule is CC(C)(C)c1ccc(=O)n(CC2CCN(Cc3ccon3)CC2)n1. The Morgan fingerprint density at radius 2 is 1.96 bits per heavy atom. The molecule has 0 spiro atoms. The lowest BCUT2D eigenvalue weighted by Gasteiger charge is -2.31. The first kappa shape index (κ1) is 16.9. The van der Waals surface area contributed by atoms with Crippen LogP contribution in [-0.2, 0) is 18.5 Å². The zero-order valence-corrected chi connectivity index (χ0v) is 14.7. The number of likely N-dealkylation sites (tertiary alicyclic amines) is 1. The molecule has 2 aromatic rings. The third-order valence-corrected chi connectivity index (χ3v) is 4.65. The summed E-state index contributed by atoms with van der Waals surface area (Å²) in [7, 11) is 0. The minimum atomic E-state index is -0.0452. The zero-order chi connectivity index (χ0) is 17.2. The second-order valence-electron chi connectivity index (χ2n) is 7.70. The molecule has 0 radical (unpaired) electrons. The Balaban J connectivity index is 1.59. The first-order chi connectivity index (χ1) is 11.4. The van der Waals surface area contributed by atoms with Crippen LogP contribution in [0, 0.1) is 5.92 Å². The lowest BCUT2D eigenvalue weighted by molar-refractivity contribution is 0.160. The van der Waals surface area contributed by atoms with Crippen molar-refractivity contribution in [2.24, 2.45) is 5.92 Å². The molecule has 24 heavy (non-hydrogen) atoms. The van der Waals surface area contributed by atoms with Crippen molar-refractivity contribution in [3.05, 3.63) is 46.2 Å². The minimum Gasteiger partial charge on any atom is -0.364 e. The maximum Gasteiger partial charge on any atom is 0.266 e. The predicted octanol–water partition coefficient (Wildman–Crippen LogP) is 2.44. The summed E-state index contributed by atoms with van der Waals surface area (Å²) in [6.45, 7) is 9.93. The first-order valence-corrected chi connectivity index (χ1v) is 8.62. The van der Waals surface area contributed by atoms with Crippen LogP contribution in [0.15, 0.2) is 33.8 Å². The smallest absolute Gasteiger partial charge is 0.266 e. The summed E-state index contributed by atoms with van der Waals surface area (Å²) in [4.78, 5) is 14.5. The Labute approximate surface area is 142 Å². The molecule has 1 aliphatic rings. The van der Waals surface area contributed by atoms with Crippen molar-refractivity contribution in [2.75, 3.05) is 13.1 Å². The summed E-state index contributed by atoms with van der Waals surface area (Å²) in [5.41, 5.74) is 1.89. The molecule has 0 unspecified atom stereocenters. The molecule has 6 heteroatoms. The monoisotopic (exact) mass is 330 g/mol. The maximum absolute atomic E-state index is 12.1. The van der Waals surface area contributed by atoms with E-state index >= 15 is 0 Å². The highest BCUT2D eigenvalue weighted by molar-refractivity contribution is 5.10. The van der Waals surface area contributed by atoms with Crippen molar-refractivity contribution < 1.29 is 4.52 Å². The van der Waals surface area contributed by atoms with Crippen LogP contribution in [0.1, 0.15) is 45.0 Å². The fourth-order valence-electron chi connectivity index (χ4n) is 3.10. The molecule has 0 atom stereocenters. The molecule has 1 saturated heterocycles. The summed E-state index contributed by atoms with van der Waals surface area (Å²) >= 11 is 0. The number of aromatic nitrogens is 3. The molecule has 2 aromatic heterocycles. The second-order valence-corrected chi connectivity index (χ2v) is 7.70. The van der Waals surface area contributed by atoms with Gasteiger partial charge in [0.15, 0.2) is 0 Å². The molecule has 6 nitrogen and oxygen atoms in total. The topological polar surface area (TPSA) is 64.2 Å². The highest BCUT2D eigenvalue weighted by atomic mass is 16.5. The molecular weight excluding hydrogens is 304 g/mol. The fourth-order valence-corrected chi connectivity index (χ4v) is 3.10. The van der Waals surface area contributed by atoms with Crippen LogP contribution < -0.4 is 5.56 Å². The van der Waals surface area contributed by atoms with E-state index in [4.69, 9.17) is 4.52 Å². The van der Waals surface area contributed by atoms with Gasteiger partial charge in [-0.05, 0) is 37.9 Å². The van der Waals surface area contributed by atoms with E-state index in [0.717, 1.165) is 43.9 Å². The van der Waals surface area contributed by atoms with Gasteiger partial charge in [0.1, 0.15) is 6.26 Å². The van der Waals surface area contributed by atoms with Gasteiger partial charge in [-0.1, -0.05) is 25.9 Å². The fraction of sp³-hybridized carbons (Fsp3) is 0.611. The van der Waals surface area contributed by atoms with Crippen molar-refractivity contribution in [3.8, 4) is 0 Å². The lowest BCUT2D eigenvalue weighted by atomic mass is 9.92. The summed E-state index contributed by atoms with van der Waals surface area (Å²) in [6.07, 6.45) is 3.76. The van der Waals surface area contributed by atoms with E-state index in [0.29, 0.717) is 12.5 Å². The van der Waals surface area contributed by atoms with Crippen molar-refractivity contribution in [1.29, 1.82) is 0 Å². The highest BCUT2D eigenvalue weighted by Gasteiger charge is 2.22. The Morgan fingerprint density at radius 3 is 2.58 bits per heavy atom. The van der Waals surface area contributed by atoms with Crippen molar-refractivity contribution >= 4 is 0 Å². The van der Waals surface area contributed by atoms with Gasteiger partial charge < -0.3 is 4.52 Å². The third-order valence-electron chi connectivity index (χ3n) is 4.65. The molecule has 0 aromatic carbocycles. The Hall–Kier alpha value is -1.95. The molecule has 3 rings (SSSR count). The van der Waals surface area contributed by atoms with Crippen LogP contribution in [0.4, 0.5) is 0 Å². The largest absolute Gasteiger partial charge is 0.364 e. The van der Waals surface area contributed by atoms with Gasteiger partial charge in [-0.2, -0.15) is 5.10 Å². The normalized spacial score (nSPS) is 17.3. The number of rotatable bonds is 4. The molecule has 1 aliphatic heterocycles. The predicted molar refractivity (Wildman–Crippen MR) is 91.7 cm³/mol. The van der Waals surface area contributed by atoms with Gasteiger partial charge in [0.2, 0.25) is 0 Å². The zero-order valence-electron chi connectivity index (χ0n) is 14.7. The van der Waals surface area contributed by atoms with Crippen LogP contribution in [0.2, 0.25) is 0 Å². The molecule has 0 aliphatic carbocycles. The number of hydrogen-bond donors (Lipinski definition) is 0. The van der Waals surface area contributed by atoms with E-state index in [1.165, 1.54) is 0 Å². The molecule has 0 bridgehead atoms. The second kappa shape index (κ2) is 6.89. The summed E-state index contributed by atoms with van der Waals surface area (Å²) < 4.78 is 6.54. The molecule has 3 heterocycles. The van der Waals surface area contributed by atoms with Gasteiger partial charge in [0, 0.05) is 30.6 Å². The van der Waals surface area contributed by atoms with Gasteiger partial charge in [-0.25, -0.2) is 4.68 Å². The average molecular weight is 330 g/mol. The quantitative estimate of drug-likeness (QED) is 0.861. The van der Waals surface area contributed by atoms with Crippen LogP contribution in [0.5, 0.6) is 0 Å². The van der Waals surface area contributed by atoms with Gasteiger partial charge in [0.05, 0.1) is 11.4 Å². The first-order valence-electron chi connectivity index (χ1n) is 8.62. The van der Waals surface area contributed by atoms with Crippen LogP contribution >= 0.6 is 0 Å². The van der Waals surface area contributed by atoms with Crippen LogP contribution in [0.25, 0.3) is 0 Å². The molecule has 0 amide bonds. The van der Waals surface area contributed by atoms with Crippen LogP contribution in [-0.4, -0.2) is 32.9 Å². The maximum atomic E-state index is 12.1. The van der Waals surface area contributed by atoms with E-state index in [1.54, 1.807) is 17.0 Å².